The van der Waals surface area contributed by atoms with E-state index in [2.05, 4.69) is 15.2 Å². The maximum absolute atomic E-state index is 12.2. The Balaban J connectivity index is 1.52. The van der Waals surface area contributed by atoms with E-state index in [1.54, 1.807) is 10.5 Å². The molecular formula is C17H14N4O2S2. The van der Waals surface area contributed by atoms with Gasteiger partial charge in [0.15, 0.2) is 4.96 Å². The van der Waals surface area contributed by atoms with Gasteiger partial charge in [0.25, 0.3) is 10.8 Å². The third-order valence-corrected chi connectivity index (χ3v) is 5.47. The number of hydrogen-bond donors (Lipinski definition) is 0. The molecule has 0 aliphatic rings. The van der Waals surface area contributed by atoms with Crippen LogP contribution in [-0.4, -0.2) is 19.6 Å². The van der Waals surface area contributed by atoms with Gasteiger partial charge >= 0.3 is 0 Å². The molecule has 0 aliphatic carbocycles. The molecule has 6 nitrogen and oxygen atoms in total. The fourth-order valence-electron chi connectivity index (χ4n) is 2.39. The van der Waals surface area contributed by atoms with Crippen LogP contribution in [0.4, 0.5) is 0 Å². The highest BCUT2D eigenvalue weighted by molar-refractivity contribution is 7.98. The van der Waals surface area contributed by atoms with Gasteiger partial charge in [-0.2, -0.15) is 0 Å². The van der Waals surface area contributed by atoms with Crippen molar-refractivity contribution in [2.45, 2.75) is 24.8 Å². The summed E-state index contributed by atoms with van der Waals surface area (Å²) in [6.07, 6.45) is 0. The third-order valence-electron chi connectivity index (χ3n) is 3.68. The molecule has 0 bridgehead atoms. The molecule has 3 heterocycles. The van der Waals surface area contributed by atoms with Gasteiger partial charge in [-0.05, 0) is 26.0 Å². The summed E-state index contributed by atoms with van der Waals surface area (Å²) in [5.41, 5.74) is 3.60. The predicted octanol–water partition coefficient (Wildman–Crippen LogP) is 3.72. The van der Waals surface area contributed by atoms with Crippen LogP contribution in [0.3, 0.4) is 0 Å². The number of thioether (sulfide) groups is 1. The second kappa shape index (κ2) is 6.45. The first kappa shape index (κ1) is 16.0. The number of rotatable bonds is 4. The summed E-state index contributed by atoms with van der Waals surface area (Å²) in [5.74, 6) is 0.984. The van der Waals surface area contributed by atoms with Crippen molar-refractivity contribution in [1.82, 2.24) is 19.6 Å². The normalized spacial score (nSPS) is 11.3. The Labute approximate surface area is 151 Å². The van der Waals surface area contributed by atoms with Gasteiger partial charge in [0.2, 0.25) is 5.89 Å². The molecule has 0 saturated heterocycles. The molecular weight excluding hydrogens is 356 g/mol. The Hall–Kier alpha value is -2.45. The van der Waals surface area contributed by atoms with Gasteiger partial charge in [0, 0.05) is 28.5 Å². The van der Waals surface area contributed by atoms with Crippen molar-refractivity contribution < 1.29 is 4.42 Å². The van der Waals surface area contributed by atoms with Crippen LogP contribution in [-0.2, 0) is 5.75 Å². The lowest BCUT2D eigenvalue weighted by Gasteiger charge is -1.99. The SMILES string of the molecule is Cc1ccc(-c2nnc(SCc3cc(=O)n4c(C)csc4n3)o2)cc1. The van der Waals surface area contributed by atoms with E-state index in [0.29, 0.717) is 27.5 Å². The van der Waals surface area contributed by atoms with Crippen molar-refractivity contribution in [3.05, 3.63) is 63.0 Å². The first-order valence-corrected chi connectivity index (χ1v) is 9.47. The van der Waals surface area contributed by atoms with Crippen molar-refractivity contribution in [3.8, 4) is 11.5 Å². The van der Waals surface area contributed by atoms with Gasteiger partial charge in [-0.3, -0.25) is 9.20 Å². The van der Waals surface area contributed by atoms with Crippen LogP contribution in [0, 0.1) is 13.8 Å². The summed E-state index contributed by atoms with van der Waals surface area (Å²) >= 11 is 2.83. The summed E-state index contributed by atoms with van der Waals surface area (Å²) in [7, 11) is 0. The molecule has 126 valence electrons. The standard InChI is InChI=1S/C17H14N4O2S2/c1-10-3-5-12(6-4-10)15-19-20-17(23-15)25-9-13-7-14(22)21-11(2)8-24-16(21)18-13/h3-8H,9H2,1-2H3. The minimum absolute atomic E-state index is 0.0646. The molecule has 0 spiro atoms. The lowest BCUT2D eigenvalue weighted by atomic mass is 10.1. The fourth-order valence-corrected chi connectivity index (χ4v) is 3.94. The molecule has 0 aliphatic heterocycles. The third kappa shape index (κ3) is 3.22. The Morgan fingerprint density at radius 3 is 2.80 bits per heavy atom. The van der Waals surface area contributed by atoms with Crippen LogP contribution in [0.1, 0.15) is 17.0 Å². The van der Waals surface area contributed by atoms with Gasteiger partial charge in [0.1, 0.15) is 0 Å². The summed E-state index contributed by atoms with van der Waals surface area (Å²) in [5, 5.41) is 10.5. The molecule has 0 saturated carbocycles. The highest BCUT2D eigenvalue weighted by atomic mass is 32.2. The molecule has 0 fully saturated rings. The average molecular weight is 370 g/mol. The largest absolute Gasteiger partial charge is 0.411 e. The highest BCUT2D eigenvalue weighted by Gasteiger charge is 2.11. The van der Waals surface area contributed by atoms with Crippen LogP contribution in [0.15, 0.2) is 50.1 Å². The summed E-state index contributed by atoms with van der Waals surface area (Å²) in [6, 6.07) is 9.46. The van der Waals surface area contributed by atoms with Crippen molar-refractivity contribution in [2.75, 3.05) is 0 Å². The van der Waals surface area contributed by atoms with Crippen molar-refractivity contribution in [1.29, 1.82) is 0 Å². The Morgan fingerprint density at radius 1 is 1.20 bits per heavy atom. The van der Waals surface area contributed by atoms with E-state index in [4.69, 9.17) is 4.42 Å². The van der Waals surface area contributed by atoms with E-state index < -0.39 is 0 Å². The lowest BCUT2D eigenvalue weighted by molar-refractivity contribution is 0.466. The monoisotopic (exact) mass is 370 g/mol. The Bertz CT molecular complexity index is 1100. The zero-order valence-electron chi connectivity index (χ0n) is 13.6. The number of aromatic nitrogens is 4. The second-order valence-electron chi connectivity index (χ2n) is 5.61. The van der Waals surface area contributed by atoms with E-state index in [1.807, 2.05) is 43.5 Å². The van der Waals surface area contributed by atoms with Crippen LogP contribution in [0.25, 0.3) is 16.4 Å². The molecule has 0 radical (unpaired) electrons. The smallest absolute Gasteiger partial charge is 0.277 e. The minimum atomic E-state index is -0.0646. The van der Waals surface area contributed by atoms with Gasteiger partial charge in [0.05, 0.1) is 5.69 Å². The minimum Gasteiger partial charge on any atom is -0.411 e. The van der Waals surface area contributed by atoms with E-state index in [9.17, 15) is 4.79 Å². The molecule has 4 aromatic rings. The van der Waals surface area contributed by atoms with Crippen molar-refractivity contribution in [3.63, 3.8) is 0 Å². The lowest BCUT2D eigenvalue weighted by Crippen LogP contribution is -2.14. The maximum atomic E-state index is 12.2. The van der Waals surface area contributed by atoms with E-state index in [1.165, 1.54) is 28.7 Å². The second-order valence-corrected chi connectivity index (χ2v) is 7.37. The zero-order chi connectivity index (χ0) is 17.4. The zero-order valence-corrected chi connectivity index (χ0v) is 15.2. The van der Waals surface area contributed by atoms with Gasteiger partial charge < -0.3 is 4.42 Å². The summed E-state index contributed by atoms with van der Waals surface area (Å²) in [6.45, 7) is 3.92. The van der Waals surface area contributed by atoms with Crippen LogP contribution < -0.4 is 5.56 Å². The molecule has 3 aromatic heterocycles. The molecule has 0 atom stereocenters. The molecule has 4 rings (SSSR count). The van der Waals surface area contributed by atoms with Gasteiger partial charge in [-0.15, -0.1) is 21.5 Å². The molecule has 0 amide bonds. The predicted molar refractivity (Wildman–Crippen MR) is 98.1 cm³/mol. The Kier molecular flexibility index (Phi) is 4.14. The maximum Gasteiger partial charge on any atom is 0.277 e. The van der Waals surface area contributed by atoms with Crippen LogP contribution >= 0.6 is 23.1 Å². The van der Waals surface area contributed by atoms with E-state index >= 15 is 0 Å². The number of aryl methyl sites for hydroxylation is 2. The van der Waals surface area contributed by atoms with E-state index in [0.717, 1.165) is 11.3 Å². The molecule has 0 N–H and O–H groups in total. The van der Waals surface area contributed by atoms with Gasteiger partial charge in [-0.25, -0.2) is 4.98 Å². The fraction of sp³-hybridized carbons (Fsp3) is 0.176. The molecule has 0 unspecified atom stereocenters. The molecule has 8 heteroatoms. The number of thiazole rings is 1. The van der Waals surface area contributed by atoms with Crippen molar-refractivity contribution in [2.24, 2.45) is 0 Å². The number of hydrogen-bond acceptors (Lipinski definition) is 7. The topological polar surface area (TPSA) is 73.3 Å². The van der Waals surface area contributed by atoms with Crippen molar-refractivity contribution >= 4 is 28.1 Å². The quantitative estimate of drug-likeness (QED) is 0.510. The Morgan fingerprint density at radius 2 is 2.00 bits per heavy atom. The van der Waals surface area contributed by atoms with E-state index in [-0.39, 0.29) is 5.56 Å². The van der Waals surface area contributed by atoms with Crippen LogP contribution in [0.2, 0.25) is 0 Å². The first-order chi connectivity index (χ1) is 12.1. The van der Waals surface area contributed by atoms with Crippen LogP contribution in [0.5, 0.6) is 0 Å². The average Bonchev–Trinajstić information content (AvgIpc) is 3.21. The summed E-state index contributed by atoms with van der Waals surface area (Å²) in [4.78, 5) is 17.4. The van der Waals surface area contributed by atoms with Gasteiger partial charge in [-0.1, -0.05) is 29.5 Å². The first-order valence-electron chi connectivity index (χ1n) is 7.60. The number of benzene rings is 1. The highest BCUT2D eigenvalue weighted by Crippen LogP contribution is 2.25. The molecule has 1 aromatic carbocycles. The summed E-state index contributed by atoms with van der Waals surface area (Å²) < 4.78 is 7.30. The number of fused-ring (bicyclic) bond motifs is 1. The number of nitrogens with zero attached hydrogens (tertiary/aromatic N) is 4. The molecule has 25 heavy (non-hydrogen) atoms.